The van der Waals surface area contributed by atoms with E-state index in [-0.39, 0.29) is 0 Å². The normalized spacial score (nSPS) is 12.7. The van der Waals surface area contributed by atoms with Crippen LogP contribution in [0.4, 0.5) is 0 Å². The Morgan fingerprint density at radius 2 is 2.70 bits per heavy atom. The number of pyridine rings is 1. The molecule has 0 fully saturated rings. The largest absolute Gasteiger partial charge is 0.346 e. The molecule has 1 N–H and O–H groups in total. The van der Waals surface area contributed by atoms with E-state index in [0.29, 0.717) is 6.17 Å². The summed E-state index contributed by atoms with van der Waals surface area (Å²) in [7, 11) is 0. The molecule has 52 valence electrons. The molecule has 0 amide bonds. The summed E-state index contributed by atoms with van der Waals surface area (Å²) < 4.78 is 17.3. The molecule has 0 aliphatic rings. The molecule has 2 rings (SSSR count). The van der Waals surface area contributed by atoms with Crippen LogP contribution in [-0.4, -0.2) is 9.97 Å². The van der Waals surface area contributed by atoms with Crippen LogP contribution in [0.25, 0.3) is 11.0 Å². The third kappa shape index (κ3) is 0.620. The zero-order valence-corrected chi connectivity index (χ0v) is 5.68. The van der Waals surface area contributed by atoms with E-state index in [0.717, 1.165) is 16.6 Å². The number of aromatic amines is 1. The van der Waals surface area contributed by atoms with Gasteiger partial charge in [-0.15, -0.1) is 0 Å². The number of hydrogen-bond donors (Lipinski definition) is 1. The highest BCUT2D eigenvalue weighted by Gasteiger charge is 1.95. The van der Waals surface area contributed by atoms with Gasteiger partial charge >= 0.3 is 0 Å². The van der Waals surface area contributed by atoms with Gasteiger partial charge in [-0.2, -0.15) is 0 Å². The van der Waals surface area contributed by atoms with E-state index in [1.165, 1.54) is 0 Å². The number of rotatable bonds is 0. The second-order valence-corrected chi connectivity index (χ2v) is 2.30. The van der Waals surface area contributed by atoms with Crippen molar-refractivity contribution in [2.45, 2.75) is 6.92 Å². The van der Waals surface area contributed by atoms with Crippen molar-refractivity contribution in [2.75, 3.05) is 0 Å². The van der Waals surface area contributed by atoms with Crippen LogP contribution in [0.3, 0.4) is 0 Å². The molecule has 0 radical (unpaired) electrons. The third-order valence-electron chi connectivity index (χ3n) is 1.62. The lowest BCUT2D eigenvalue weighted by atomic mass is 10.2. The summed E-state index contributed by atoms with van der Waals surface area (Å²) in [5.74, 6) is 0. The van der Waals surface area contributed by atoms with Crippen LogP contribution in [0.5, 0.6) is 0 Å². The first-order chi connectivity index (χ1) is 6.27. The predicted molar refractivity (Wildman–Crippen MR) is 42.9 cm³/mol. The number of aryl methyl sites for hydroxylation is 1. The zero-order valence-electron chi connectivity index (χ0n) is 8.68. The van der Waals surface area contributed by atoms with Gasteiger partial charge in [0.2, 0.25) is 0 Å². The van der Waals surface area contributed by atoms with E-state index in [9.17, 15) is 0 Å². The van der Waals surface area contributed by atoms with Crippen LogP contribution in [0.2, 0.25) is 0 Å². The summed E-state index contributed by atoms with van der Waals surface area (Å²) >= 11 is 0. The monoisotopic (exact) mass is 140 g/mol. The topological polar surface area (TPSA) is 28.7 Å². The Morgan fingerprint density at radius 3 is 3.50 bits per heavy atom. The Hall–Kier alpha value is -1.31. The highest BCUT2D eigenvalue weighted by Crippen LogP contribution is 2.12. The van der Waals surface area contributed by atoms with E-state index >= 15 is 0 Å². The first-order valence-electron chi connectivity index (χ1n) is 4.68. The molecule has 0 atom stereocenters. The number of fused-ring (bicyclic) bond motifs is 1. The van der Waals surface area contributed by atoms with Crippen molar-refractivity contribution >= 4 is 11.0 Å². The Bertz CT molecular complexity index is 397. The standard InChI is InChI=1S/C8H8N2.H2/c1-6-2-4-9-8-7(6)3-5-10-8;/h2-5H,1H3,(H,9,10);1H/i5T;1+2T. The van der Waals surface area contributed by atoms with E-state index in [1.807, 2.05) is 13.0 Å². The average Bonchev–Trinajstić information content (AvgIpc) is 2.51. The van der Waals surface area contributed by atoms with E-state index < -0.39 is 0 Å². The maximum absolute atomic E-state index is 7.32. The summed E-state index contributed by atoms with van der Waals surface area (Å²) in [5.41, 5.74) is 1.96. The van der Waals surface area contributed by atoms with Gasteiger partial charge in [-0.05, 0) is 24.6 Å². The molecule has 0 saturated carbocycles. The number of nitrogens with one attached hydrogen (secondary N) is 1. The molecule has 0 aliphatic carbocycles. The smallest absolute Gasteiger partial charge is 0.137 e. The molecule has 2 heteroatoms. The molecule has 0 spiro atoms. The number of aromatic nitrogens is 2. The van der Waals surface area contributed by atoms with Crippen molar-refractivity contribution in [3.05, 3.63) is 30.1 Å². The van der Waals surface area contributed by atoms with Crippen molar-refractivity contribution in [1.29, 1.82) is 0 Å². The molecular formula is C8H10N2. The van der Waals surface area contributed by atoms with Gasteiger partial charge in [0.1, 0.15) is 5.65 Å². The van der Waals surface area contributed by atoms with Gasteiger partial charge in [-0.1, -0.05) is 0 Å². The first kappa shape index (κ1) is 3.76. The van der Waals surface area contributed by atoms with Crippen molar-refractivity contribution < 1.29 is 4.34 Å². The summed E-state index contributed by atoms with van der Waals surface area (Å²) in [5, 5.41) is 1.04. The maximum atomic E-state index is 7.32. The fourth-order valence-electron chi connectivity index (χ4n) is 1.03. The van der Waals surface area contributed by atoms with Crippen LogP contribution in [0.15, 0.2) is 24.5 Å². The summed E-state index contributed by atoms with van der Waals surface area (Å²) in [6, 6.07) is 3.73. The number of nitrogens with zero attached hydrogens (tertiary/aromatic N) is 1. The minimum absolute atomic E-state index is 0.418. The van der Waals surface area contributed by atoms with Crippen LogP contribution < -0.4 is 0 Å². The van der Waals surface area contributed by atoms with Gasteiger partial charge in [0.15, 0.2) is 0 Å². The zero-order chi connectivity index (χ0) is 9.84. The quantitative estimate of drug-likeness (QED) is 0.596. The van der Waals surface area contributed by atoms with E-state index in [2.05, 4.69) is 9.97 Å². The fraction of sp³-hybridized carbons (Fsp3) is 0.125. The first-order valence-corrected chi connectivity index (χ1v) is 3.18. The minimum atomic E-state index is 0.418. The SMILES string of the molecule is [3H][3H].[3H]c1cc2c(C)ccnc2[nH]1. The molecular weight excluding hydrogens is 124 g/mol. The summed E-state index contributed by atoms with van der Waals surface area (Å²) in [6.45, 7) is 2.01. The van der Waals surface area contributed by atoms with Crippen LogP contribution in [0, 0.1) is 6.92 Å². The van der Waals surface area contributed by atoms with Crippen molar-refractivity contribution in [1.82, 2.24) is 9.97 Å². The molecule has 0 aromatic carbocycles. The van der Waals surface area contributed by atoms with Gasteiger partial charge in [-0.25, -0.2) is 4.98 Å². The van der Waals surface area contributed by atoms with Crippen molar-refractivity contribution in [3.63, 3.8) is 0 Å². The molecule has 10 heavy (non-hydrogen) atoms. The van der Waals surface area contributed by atoms with Gasteiger partial charge in [0.25, 0.3) is 0 Å². The Morgan fingerprint density at radius 1 is 1.80 bits per heavy atom. The molecule has 0 saturated heterocycles. The summed E-state index contributed by atoms with van der Waals surface area (Å²) in [6.07, 6.45) is 2.16. The van der Waals surface area contributed by atoms with Crippen LogP contribution in [-0.2, 0) is 0 Å². The highest BCUT2D eigenvalue weighted by atomic mass is 14.8. The number of hydrogen-bond acceptors (Lipinski definition) is 1. The van der Waals surface area contributed by atoms with E-state index in [4.69, 9.17) is 4.34 Å². The van der Waals surface area contributed by atoms with Crippen molar-refractivity contribution in [2.24, 2.45) is 0 Å². The second-order valence-electron chi connectivity index (χ2n) is 2.30. The molecule has 2 aromatic heterocycles. The summed E-state index contributed by atoms with van der Waals surface area (Å²) in [4.78, 5) is 6.94. The molecule has 0 unspecified atom stereocenters. The van der Waals surface area contributed by atoms with Gasteiger partial charge in [0.05, 0.1) is 1.37 Å². The Kier molecular flexibility index (Phi) is 0.691. The molecule has 2 heterocycles. The Labute approximate surface area is 63.4 Å². The van der Waals surface area contributed by atoms with Gasteiger partial charge in [0, 0.05) is 20.7 Å². The van der Waals surface area contributed by atoms with Crippen LogP contribution in [0.1, 0.15) is 9.90 Å². The number of H-pyrrole nitrogens is 1. The van der Waals surface area contributed by atoms with Crippen molar-refractivity contribution in [3.8, 4) is 0 Å². The second kappa shape index (κ2) is 1.84. The molecule has 0 bridgehead atoms. The minimum Gasteiger partial charge on any atom is -0.346 e. The van der Waals surface area contributed by atoms with E-state index in [1.54, 1.807) is 12.3 Å². The predicted octanol–water partition coefficient (Wildman–Crippen LogP) is 2.12. The lowest BCUT2D eigenvalue weighted by molar-refractivity contribution is 1.31. The molecule has 2 aromatic rings. The van der Waals surface area contributed by atoms with Gasteiger partial charge in [-0.3, -0.25) is 0 Å². The lowest BCUT2D eigenvalue weighted by Gasteiger charge is -1.91. The third-order valence-corrected chi connectivity index (χ3v) is 1.62. The molecule has 2 nitrogen and oxygen atoms in total. The van der Waals surface area contributed by atoms with Gasteiger partial charge < -0.3 is 4.98 Å². The maximum Gasteiger partial charge on any atom is 0.137 e. The van der Waals surface area contributed by atoms with Crippen LogP contribution >= 0.6 is 0 Å². The fourth-order valence-corrected chi connectivity index (χ4v) is 1.03. The molecule has 0 aliphatic heterocycles. The Balaban J connectivity index is 0.000000396. The lowest BCUT2D eigenvalue weighted by Crippen LogP contribution is -1.77. The average molecular weight is 140 g/mol. The highest BCUT2D eigenvalue weighted by molar-refractivity contribution is 5.78.